The van der Waals surface area contributed by atoms with Gasteiger partial charge < -0.3 is 28.7 Å². The number of nitrogens with one attached hydrogen (secondary N) is 1. The zero-order chi connectivity index (χ0) is 15.9. The van der Waals surface area contributed by atoms with Crippen LogP contribution < -0.4 is 19.5 Å². The summed E-state index contributed by atoms with van der Waals surface area (Å²) >= 11 is 0. The van der Waals surface area contributed by atoms with Crippen LogP contribution in [0.5, 0.6) is 11.5 Å². The minimum absolute atomic E-state index is 0.115. The zero-order valence-electron chi connectivity index (χ0n) is 12.6. The highest BCUT2D eigenvalue weighted by Crippen LogP contribution is 2.23. The first-order valence-corrected chi connectivity index (χ1v) is 6.89. The van der Waals surface area contributed by atoms with E-state index in [9.17, 15) is 9.90 Å². The highest BCUT2D eigenvalue weighted by atomic mass is 16.5. The standard InChI is InChI=1S/C16H19NO5/c1-20-13-6-5-12(15(8-13)21-2)9-17(11-16(18)19)10-14-4-3-7-22-14/h3-8H,9-11H2,1-2H3,(H,18,19). The monoisotopic (exact) mass is 305 g/mol. The van der Waals surface area contributed by atoms with Crippen molar-refractivity contribution in [3.63, 3.8) is 0 Å². The maximum atomic E-state index is 11.0. The second-order valence-electron chi connectivity index (χ2n) is 4.91. The molecule has 0 saturated heterocycles. The smallest absolute Gasteiger partial charge is 0.157 e. The van der Waals surface area contributed by atoms with Gasteiger partial charge in [-0.25, -0.2) is 0 Å². The number of carbonyl (C=O) groups excluding carboxylic acids is 1. The zero-order valence-corrected chi connectivity index (χ0v) is 12.6. The molecule has 22 heavy (non-hydrogen) atoms. The van der Waals surface area contributed by atoms with E-state index in [1.165, 1.54) is 0 Å². The summed E-state index contributed by atoms with van der Waals surface area (Å²) in [7, 11) is 3.15. The molecule has 0 radical (unpaired) electrons. The summed E-state index contributed by atoms with van der Waals surface area (Å²) in [5.74, 6) is 0.973. The second-order valence-corrected chi connectivity index (χ2v) is 4.91. The van der Waals surface area contributed by atoms with Gasteiger partial charge in [0.15, 0.2) is 5.76 Å². The summed E-state index contributed by atoms with van der Waals surface area (Å²) in [6, 6.07) is 9.07. The molecule has 6 heteroatoms. The van der Waals surface area contributed by atoms with E-state index in [1.807, 2.05) is 18.2 Å². The fraction of sp³-hybridized carbons (Fsp3) is 0.312. The van der Waals surface area contributed by atoms with E-state index in [4.69, 9.17) is 13.9 Å². The molecule has 1 atom stereocenters. The number of carbonyl (C=O) groups is 1. The molecule has 118 valence electrons. The Bertz CT molecular complexity index is 609. The van der Waals surface area contributed by atoms with E-state index in [-0.39, 0.29) is 6.54 Å². The number of methoxy groups -OCH3 is 2. The summed E-state index contributed by atoms with van der Waals surface area (Å²) in [6.07, 6.45) is 1.57. The Balaban J connectivity index is 2.16. The van der Waals surface area contributed by atoms with Gasteiger partial charge in [0.2, 0.25) is 0 Å². The van der Waals surface area contributed by atoms with Crippen molar-refractivity contribution in [2.45, 2.75) is 13.1 Å². The Hall–Kier alpha value is -2.47. The van der Waals surface area contributed by atoms with Crippen molar-refractivity contribution in [3.05, 3.63) is 47.9 Å². The highest BCUT2D eigenvalue weighted by Gasteiger charge is 2.16. The molecule has 6 nitrogen and oxygen atoms in total. The molecule has 1 aromatic carbocycles. The van der Waals surface area contributed by atoms with Gasteiger partial charge in [0.1, 0.15) is 31.1 Å². The van der Waals surface area contributed by atoms with Crippen LogP contribution in [0, 0.1) is 0 Å². The predicted molar refractivity (Wildman–Crippen MR) is 76.5 cm³/mol. The molecule has 0 amide bonds. The largest absolute Gasteiger partial charge is 0.544 e. The maximum absolute atomic E-state index is 11.0. The number of hydrogen-bond donors (Lipinski definition) is 1. The lowest BCUT2D eigenvalue weighted by molar-refractivity contribution is -0.922. The molecule has 1 N–H and O–H groups in total. The average Bonchev–Trinajstić information content (AvgIpc) is 2.99. The molecule has 0 fully saturated rings. The van der Waals surface area contributed by atoms with Gasteiger partial charge in [-0.2, -0.15) is 0 Å². The number of quaternary nitrogens is 1. The first-order valence-electron chi connectivity index (χ1n) is 6.89. The first-order chi connectivity index (χ1) is 10.6. The van der Waals surface area contributed by atoms with E-state index in [1.54, 1.807) is 32.6 Å². The van der Waals surface area contributed by atoms with E-state index in [0.717, 1.165) is 16.2 Å². The van der Waals surface area contributed by atoms with Crippen LogP contribution >= 0.6 is 0 Å². The van der Waals surface area contributed by atoms with Gasteiger partial charge in [0.05, 0.1) is 26.5 Å². The fourth-order valence-corrected chi connectivity index (χ4v) is 2.32. The Morgan fingerprint density at radius 2 is 2.05 bits per heavy atom. The van der Waals surface area contributed by atoms with Crippen molar-refractivity contribution < 1.29 is 28.7 Å². The molecule has 0 aliphatic carbocycles. The summed E-state index contributed by atoms with van der Waals surface area (Å²) in [6.45, 7) is 0.813. The van der Waals surface area contributed by atoms with Crippen LogP contribution in [0.2, 0.25) is 0 Å². The lowest BCUT2D eigenvalue weighted by atomic mass is 10.1. The van der Waals surface area contributed by atoms with Crippen molar-refractivity contribution in [2.75, 3.05) is 20.8 Å². The first kappa shape index (κ1) is 15.9. The van der Waals surface area contributed by atoms with Gasteiger partial charge >= 0.3 is 0 Å². The van der Waals surface area contributed by atoms with Crippen molar-refractivity contribution in [1.82, 2.24) is 0 Å². The van der Waals surface area contributed by atoms with Crippen LogP contribution in [0.15, 0.2) is 41.0 Å². The summed E-state index contributed by atoms with van der Waals surface area (Å²) in [4.78, 5) is 11.8. The van der Waals surface area contributed by atoms with E-state index < -0.39 is 5.97 Å². The lowest BCUT2D eigenvalue weighted by Crippen LogP contribution is -3.10. The van der Waals surface area contributed by atoms with E-state index in [2.05, 4.69) is 0 Å². The molecule has 0 aliphatic rings. The number of carboxylic acids is 1. The molecular weight excluding hydrogens is 286 g/mol. The van der Waals surface area contributed by atoms with Gasteiger partial charge in [-0.15, -0.1) is 0 Å². The third-order valence-corrected chi connectivity index (χ3v) is 3.33. The fourth-order valence-electron chi connectivity index (χ4n) is 2.32. The molecule has 1 unspecified atom stereocenters. The molecule has 2 aromatic rings. The van der Waals surface area contributed by atoms with Gasteiger partial charge in [-0.3, -0.25) is 0 Å². The van der Waals surface area contributed by atoms with Crippen LogP contribution in [-0.2, 0) is 17.9 Å². The van der Waals surface area contributed by atoms with Gasteiger partial charge in [0.25, 0.3) is 0 Å². The van der Waals surface area contributed by atoms with Crippen molar-refractivity contribution in [3.8, 4) is 11.5 Å². The molecule has 1 aromatic heterocycles. The minimum atomic E-state index is -1.10. The number of carboxylic acid groups (broad SMARTS) is 1. The number of benzene rings is 1. The third-order valence-electron chi connectivity index (χ3n) is 3.33. The van der Waals surface area contributed by atoms with Crippen molar-refractivity contribution in [1.29, 1.82) is 0 Å². The molecule has 0 bridgehead atoms. The number of ether oxygens (including phenoxy) is 2. The normalized spacial score (nSPS) is 11.9. The third kappa shape index (κ3) is 4.26. The van der Waals surface area contributed by atoms with Crippen LogP contribution in [0.4, 0.5) is 0 Å². The van der Waals surface area contributed by atoms with Gasteiger partial charge in [-0.1, -0.05) is 0 Å². The summed E-state index contributed by atoms with van der Waals surface area (Å²) in [5, 5.41) is 11.0. The Labute approximate surface area is 128 Å². The van der Waals surface area contributed by atoms with Crippen LogP contribution in [0.1, 0.15) is 11.3 Å². The number of hydrogen-bond acceptors (Lipinski definition) is 5. The summed E-state index contributed by atoms with van der Waals surface area (Å²) in [5.41, 5.74) is 0.895. The molecule has 0 saturated carbocycles. The van der Waals surface area contributed by atoms with Crippen LogP contribution in [-0.4, -0.2) is 26.7 Å². The molecule has 0 spiro atoms. The number of aliphatic carboxylic acids is 1. The van der Waals surface area contributed by atoms with Crippen LogP contribution in [0.25, 0.3) is 0 Å². The minimum Gasteiger partial charge on any atom is -0.544 e. The molecule has 1 heterocycles. The number of rotatable bonds is 8. The molecule has 2 rings (SSSR count). The predicted octanol–water partition coefficient (Wildman–Crippen LogP) is -0.368. The lowest BCUT2D eigenvalue weighted by Gasteiger charge is -2.20. The van der Waals surface area contributed by atoms with E-state index in [0.29, 0.717) is 24.6 Å². The number of furan rings is 1. The van der Waals surface area contributed by atoms with Crippen LogP contribution in [0.3, 0.4) is 0 Å². The molecule has 0 aliphatic heterocycles. The Morgan fingerprint density at radius 3 is 2.64 bits per heavy atom. The van der Waals surface area contributed by atoms with Gasteiger partial charge in [-0.05, 0) is 24.3 Å². The Morgan fingerprint density at radius 1 is 1.23 bits per heavy atom. The molecular formula is C16H19NO5. The van der Waals surface area contributed by atoms with Crippen molar-refractivity contribution >= 4 is 5.97 Å². The Kier molecular flexibility index (Phi) is 5.43. The maximum Gasteiger partial charge on any atom is 0.157 e. The average molecular weight is 305 g/mol. The van der Waals surface area contributed by atoms with Gasteiger partial charge in [0, 0.05) is 11.6 Å². The SMILES string of the molecule is COc1ccc(C[NH+](CC(=O)[O-])Cc2ccco2)c(OC)c1. The van der Waals surface area contributed by atoms with E-state index >= 15 is 0 Å². The highest BCUT2D eigenvalue weighted by molar-refractivity contribution is 5.65. The topological polar surface area (TPSA) is 76.2 Å². The second kappa shape index (κ2) is 7.51. The van der Waals surface area contributed by atoms with Crippen molar-refractivity contribution in [2.24, 2.45) is 0 Å². The quantitative estimate of drug-likeness (QED) is 0.720. The summed E-state index contributed by atoms with van der Waals surface area (Å²) < 4.78 is 15.8.